The van der Waals surface area contributed by atoms with Crippen LogP contribution in [0.3, 0.4) is 0 Å². The summed E-state index contributed by atoms with van der Waals surface area (Å²) < 4.78 is 11.1. The zero-order chi connectivity index (χ0) is 22.7. The van der Waals surface area contributed by atoms with Crippen LogP contribution < -0.4 is 5.73 Å². The monoisotopic (exact) mass is 441 g/mol. The first-order valence-electron chi connectivity index (χ1n) is 12.4. The van der Waals surface area contributed by atoms with Crippen LogP contribution in [0.4, 0.5) is 0 Å². The minimum absolute atomic E-state index is 0.0151. The van der Waals surface area contributed by atoms with Crippen LogP contribution in [0.1, 0.15) is 74.0 Å². The van der Waals surface area contributed by atoms with Gasteiger partial charge in [-0.25, -0.2) is 0 Å². The van der Waals surface area contributed by atoms with Gasteiger partial charge < -0.3 is 15.2 Å². The van der Waals surface area contributed by atoms with E-state index >= 15 is 0 Å². The van der Waals surface area contributed by atoms with E-state index in [1.165, 1.54) is 29.7 Å². The molecule has 3 fully saturated rings. The van der Waals surface area contributed by atoms with E-state index in [-0.39, 0.29) is 35.9 Å². The third-order valence-corrected chi connectivity index (χ3v) is 7.74. The number of nitrogens with zero attached hydrogens (tertiary/aromatic N) is 1. The lowest BCUT2D eigenvalue weighted by Gasteiger charge is -2.38. The van der Waals surface area contributed by atoms with Gasteiger partial charge in [0.15, 0.2) is 5.96 Å². The highest BCUT2D eigenvalue weighted by molar-refractivity contribution is 5.98. The van der Waals surface area contributed by atoms with Gasteiger partial charge in [0.2, 0.25) is 5.91 Å². The Labute approximate surface area is 192 Å². The van der Waals surface area contributed by atoms with Gasteiger partial charge in [0.25, 0.3) is 0 Å². The maximum absolute atomic E-state index is 14.0. The van der Waals surface area contributed by atoms with Gasteiger partial charge in [-0.15, -0.1) is 0 Å². The number of nitrogens with two attached hydrogens (primary N) is 1. The number of aryl methyl sites for hydroxylation is 2. The molecule has 176 valence electrons. The fraction of sp³-hybridized carbons (Fsp3) is 0.692. The molecule has 0 unspecified atom stereocenters. The average molecular weight is 442 g/mol. The van der Waals surface area contributed by atoms with Crippen molar-refractivity contribution >= 4 is 11.9 Å². The molecular weight excluding hydrogens is 402 g/mol. The van der Waals surface area contributed by atoms with E-state index in [0.717, 1.165) is 62.2 Å². The summed E-state index contributed by atoms with van der Waals surface area (Å²) in [6, 6.07) is 6.65. The van der Waals surface area contributed by atoms with Gasteiger partial charge in [-0.2, -0.15) is 0 Å². The third kappa shape index (κ3) is 5.52. The van der Waals surface area contributed by atoms with E-state index in [9.17, 15) is 4.79 Å². The second-order valence-corrected chi connectivity index (χ2v) is 10.0. The van der Waals surface area contributed by atoms with Crippen LogP contribution >= 0.6 is 0 Å². The fourth-order valence-electron chi connectivity index (χ4n) is 5.31. The van der Waals surface area contributed by atoms with Crippen LogP contribution in [0.2, 0.25) is 0 Å². The number of ether oxygens (including phenoxy) is 2. The van der Waals surface area contributed by atoms with Crippen LogP contribution in [0.25, 0.3) is 0 Å². The number of hydrogen-bond acceptors (Lipinski definition) is 4. The molecular formula is C26H39N3O3. The summed E-state index contributed by atoms with van der Waals surface area (Å²) in [4.78, 5) is 15.4. The Morgan fingerprint density at radius 2 is 1.94 bits per heavy atom. The van der Waals surface area contributed by atoms with Crippen molar-refractivity contribution < 1.29 is 14.3 Å². The molecule has 2 saturated carbocycles. The van der Waals surface area contributed by atoms with Crippen LogP contribution in [0.15, 0.2) is 18.2 Å². The molecule has 4 rings (SSSR count). The number of carbonyl (C=O) groups excluding carboxylic acids is 1. The molecule has 0 aromatic heterocycles. The normalized spacial score (nSPS) is 26.2. The van der Waals surface area contributed by atoms with E-state index in [1.54, 1.807) is 7.11 Å². The molecule has 6 nitrogen and oxygen atoms in total. The lowest BCUT2D eigenvalue weighted by Crippen LogP contribution is -2.51. The van der Waals surface area contributed by atoms with Gasteiger partial charge in [0, 0.05) is 13.7 Å². The Balaban J connectivity index is 1.61. The van der Waals surface area contributed by atoms with Crippen LogP contribution in [0, 0.1) is 24.2 Å². The molecule has 0 spiro atoms. The number of methoxy groups -OCH3 is 1. The summed E-state index contributed by atoms with van der Waals surface area (Å²) in [6.45, 7) is 3.20. The molecule has 0 bridgehead atoms. The fourth-order valence-corrected chi connectivity index (χ4v) is 5.31. The third-order valence-electron chi connectivity index (χ3n) is 7.74. The second kappa shape index (κ2) is 10.3. The van der Waals surface area contributed by atoms with Gasteiger partial charge in [0.1, 0.15) is 0 Å². The highest BCUT2D eigenvalue weighted by Crippen LogP contribution is 2.40. The molecule has 6 heteroatoms. The first-order valence-corrected chi connectivity index (χ1v) is 12.4. The predicted octanol–water partition coefficient (Wildman–Crippen LogP) is 4.14. The summed E-state index contributed by atoms with van der Waals surface area (Å²) in [5, 5.41) is 8.13. The van der Waals surface area contributed by atoms with Gasteiger partial charge in [-0.3, -0.25) is 15.1 Å². The Morgan fingerprint density at radius 1 is 1.22 bits per heavy atom. The summed E-state index contributed by atoms with van der Waals surface area (Å²) in [5.74, 6) is 0.616. The Bertz CT molecular complexity index is 811. The highest BCUT2D eigenvalue weighted by atomic mass is 16.5. The molecule has 0 radical (unpaired) electrons. The van der Waals surface area contributed by atoms with Gasteiger partial charge in [0.05, 0.1) is 24.7 Å². The maximum Gasteiger partial charge on any atom is 0.237 e. The number of guanidine groups is 1. The Hall–Kier alpha value is -1.92. The Kier molecular flexibility index (Phi) is 7.51. The van der Waals surface area contributed by atoms with Gasteiger partial charge in [-0.1, -0.05) is 31.0 Å². The number of nitrogens with one attached hydrogen (secondary N) is 1. The zero-order valence-corrected chi connectivity index (χ0v) is 19.6. The molecule has 32 heavy (non-hydrogen) atoms. The minimum Gasteiger partial charge on any atom is -0.381 e. The summed E-state index contributed by atoms with van der Waals surface area (Å²) in [5.41, 5.74) is 9.50. The lowest BCUT2D eigenvalue weighted by molar-refractivity contribution is -0.135. The van der Waals surface area contributed by atoms with Crippen molar-refractivity contribution in [2.45, 2.75) is 82.8 Å². The quantitative estimate of drug-likeness (QED) is 0.445. The Morgan fingerprint density at radius 3 is 2.50 bits per heavy atom. The molecule has 1 saturated heterocycles. The molecule has 1 amide bonds. The molecule has 2 aliphatic carbocycles. The SMILES string of the molecule is COC1CCC([C@H](C(=O)N(C[C@@H]2CCO2)C(=N)N)c2cc(CCC3CC3)ccc2C)CC1. The average Bonchev–Trinajstić information content (AvgIpc) is 3.58. The van der Waals surface area contributed by atoms with Crippen molar-refractivity contribution in [3.63, 3.8) is 0 Å². The summed E-state index contributed by atoms with van der Waals surface area (Å²) >= 11 is 0. The van der Waals surface area contributed by atoms with E-state index in [1.807, 2.05) is 0 Å². The predicted molar refractivity (Wildman–Crippen MR) is 126 cm³/mol. The second-order valence-electron chi connectivity index (χ2n) is 10.0. The first kappa shape index (κ1) is 23.2. The molecule has 2 atom stereocenters. The first-order chi connectivity index (χ1) is 15.5. The van der Waals surface area contributed by atoms with Gasteiger partial charge >= 0.3 is 0 Å². The lowest BCUT2D eigenvalue weighted by atomic mass is 9.74. The van der Waals surface area contributed by atoms with Gasteiger partial charge in [-0.05, 0) is 80.4 Å². The topological polar surface area (TPSA) is 88.6 Å². The van der Waals surface area contributed by atoms with Crippen molar-refractivity contribution in [2.75, 3.05) is 20.3 Å². The van der Waals surface area contributed by atoms with Crippen LogP contribution in [0.5, 0.6) is 0 Å². The van der Waals surface area contributed by atoms with Crippen LogP contribution in [-0.4, -0.2) is 49.2 Å². The van der Waals surface area contributed by atoms with E-state index in [2.05, 4.69) is 25.1 Å². The molecule has 3 N–H and O–H groups in total. The molecule has 3 aliphatic rings. The molecule has 1 aromatic rings. The van der Waals surface area contributed by atoms with Crippen molar-refractivity contribution in [1.29, 1.82) is 5.41 Å². The van der Waals surface area contributed by atoms with E-state index in [4.69, 9.17) is 20.6 Å². The molecule has 1 aliphatic heterocycles. The number of rotatable bonds is 9. The largest absolute Gasteiger partial charge is 0.381 e. The summed E-state index contributed by atoms with van der Waals surface area (Å²) in [6.07, 6.45) is 10.0. The van der Waals surface area contributed by atoms with E-state index < -0.39 is 0 Å². The smallest absolute Gasteiger partial charge is 0.237 e. The van der Waals surface area contributed by atoms with Crippen LogP contribution in [-0.2, 0) is 20.7 Å². The minimum atomic E-state index is -0.280. The number of benzene rings is 1. The summed E-state index contributed by atoms with van der Waals surface area (Å²) in [7, 11) is 1.78. The van der Waals surface area contributed by atoms with Crippen molar-refractivity contribution in [2.24, 2.45) is 17.6 Å². The standard InChI is InChI=1S/C26H39N3O3/c1-17-3-4-19(8-7-18-5-6-18)15-23(17)24(20-9-11-21(31-2)12-10-20)25(30)29(26(27)28)16-22-13-14-32-22/h3-4,15,18,20-22,24H,5-14,16H2,1-2H3,(H3,27,28)/t20?,21?,22-,24-/m0/s1. The molecule has 1 heterocycles. The number of amides is 1. The van der Waals surface area contributed by atoms with E-state index in [0.29, 0.717) is 6.54 Å². The molecule has 1 aromatic carbocycles. The van der Waals surface area contributed by atoms with Crippen molar-refractivity contribution in [3.8, 4) is 0 Å². The maximum atomic E-state index is 14.0. The number of carbonyl (C=O) groups is 1. The highest BCUT2D eigenvalue weighted by Gasteiger charge is 2.38. The number of hydrogen-bond donors (Lipinski definition) is 2. The van der Waals surface area contributed by atoms with Crippen molar-refractivity contribution in [1.82, 2.24) is 4.90 Å². The van der Waals surface area contributed by atoms with Crippen molar-refractivity contribution in [3.05, 3.63) is 34.9 Å². The zero-order valence-electron chi connectivity index (χ0n) is 19.6.